The molecule has 0 bridgehead atoms. The number of pyridine rings is 1. The van der Waals surface area contributed by atoms with Gasteiger partial charge in [-0.15, -0.1) is 0 Å². The number of amides is 1. The number of hydrogen-bond donors (Lipinski definition) is 2. The topological polar surface area (TPSA) is 92.4 Å². The lowest BCUT2D eigenvalue weighted by Crippen LogP contribution is -2.21. The zero-order valence-electron chi connectivity index (χ0n) is 10.7. The highest BCUT2D eigenvalue weighted by Crippen LogP contribution is 2.19. The van der Waals surface area contributed by atoms with E-state index in [-0.39, 0.29) is 17.1 Å². The normalized spacial score (nSPS) is 10.5. The van der Waals surface area contributed by atoms with Gasteiger partial charge < -0.3 is 14.8 Å². The number of fused-ring (bicyclic) bond motifs is 1. The fourth-order valence-electron chi connectivity index (χ4n) is 1.89. The number of rotatable bonds is 2. The molecule has 0 aliphatic carbocycles. The summed E-state index contributed by atoms with van der Waals surface area (Å²) in [5.41, 5.74) is -0.500. The van der Waals surface area contributed by atoms with Gasteiger partial charge in [0, 0.05) is 11.6 Å². The summed E-state index contributed by atoms with van der Waals surface area (Å²) in [6, 6.07) is 11.2. The second-order valence-electron chi connectivity index (χ2n) is 4.31. The Balaban J connectivity index is 2.00. The molecule has 0 atom stereocenters. The highest BCUT2D eigenvalue weighted by Gasteiger charge is 2.15. The van der Waals surface area contributed by atoms with Crippen LogP contribution in [0.2, 0.25) is 0 Å². The molecule has 6 nitrogen and oxygen atoms in total. The maximum atomic E-state index is 12.1. The molecule has 21 heavy (non-hydrogen) atoms. The summed E-state index contributed by atoms with van der Waals surface area (Å²) in [4.78, 5) is 27.8. The van der Waals surface area contributed by atoms with Gasteiger partial charge in [0.25, 0.3) is 5.91 Å². The standard InChI is InChI=1S/C15H10N2O4/c18-11-5-3-7-16-13(11)17-14(19)10-8-9-4-1-2-6-12(9)21-15(10)20/h1-8,18H,(H,16,17,19). The van der Waals surface area contributed by atoms with Crippen LogP contribution in [0.25, 0.3) is 11.0 Å². The number of benzene rings is 1. The number of carbonyl (C=O) groups is 1. The molecule has 0 unspecified atom stereocenters. The Kier molecular flexibility index (Phi) is 3.12. The van der Waals surface area contributed by atoms with Crippen LogP contribution < -0.4 is 10.9 Å². The highest BCUT2D eigenvalue weighted by molar-refractivity contribution is 6.05. The van der Waals surface area contributed by atoms with Gasteiger partial charge >= 0.3 is 5.63 Å². The molecule has 0 aliphatic heterocycles. The van der Waals surface area contributed by atoms with Gasteiger partial charge in [-0.1, -0.05) is 18.2 Å². The quantitative estimate of drug-likeness (QED) is 0.702. The van der Waals surface area contributed by atoms with Gasteiger partial charge in [0.1, 0.15) is 11.1 Å². The fraction of sp³-hybridized carbons (Fsp3) is 0. The monoisotopic (exact) mass is 282 g/mol. The summed E-state index contributed by atoms with van der Waals surface area (Å²) >= 11 is 0. The van der Waals surface area contributed by atoms with E-state index in [9.17, 15) is 14.7 Å². The predicted molar refractivity (Wildman–Crippen MR) is 76.3 cm³/mol. The molecule has 0 fully saturated rings. The van der Waals surface area contributed by atoms with Crippen molar-refractivity contribution in [2.24, 2.45) is 0 Å². The van der Waals surface area contributed by atoms with Crippen LogP contribution in [0.5, 0.6) is 5.75 Å². The summed E-state index contributed by atoms with van der Waals surface area (Å²) in [6.07, 6.45) is 1.41. The SMILES string of the molecule is O=C(Nc1ncccc1O)c1cc2ccccc2oc1=O. The van der Waals surface area contributed by atoms with Gasteiger partial charge in [0.05, 0.1) is 0 Å². The van der Waals surface area contributed by atoms with E-state index in [4.69, 9.17) is 4.42 Å². The van der Waals surface area contributed by atoms with Gasteiger partial charge in [0.2, 0.25) is 0 Å². The van der Waals surface area contributed by atoms with E-state index in [1.54, 1.807) is 24.3 Å². The van der Waals surface area contributed by atoms with Crippen LogP contribution >= 0.6 is 0 Å². The van der Waals surface area contributed by atoms with Crippen LogP contribution in [0, 0.1) is 0 Å². The van der Waals surface area contributed by atoms with E-state index in [2.05, 4.69) is 10.3 Å². The van der Waals surface area contributed by atoms with E-state index in [0.717, 1.165) is 0 Å². The molecular formula is C15H10N2O4. The van der Waals surface area contributed by atoms with Crippen LogP contribution in [0.15, 0.2) is 57.9 Å². The van der Waals surface area contributed by atoms with E-state index in [1.807, 2.05) is 0 Å². The average molecular weight is 282 g/mol. The second-order valence-corrected chi connectivity index (χ2v) is 4.31. The number of hydrogen-bond acceptors (Lipinski definition) is 5. The summed E-state index contributed by atoms with van der Waals surface area (Å²) in [5, 5.41) is 12.6. The predicted octanol–water partition coefficient (Wildman–Crippen LogP) is 2.15. The summed E-state index contributed by atoms with van der Waals surface area (Å²) < 4.78 is 5.08. The molecule has 3 aromatic rings. The molecule has 2 aromatic heterocycles. The fourth-order valence-corrected chi connectivity index (χ4v) is 1.89. The van der Waals surface area contributed by atoms with Crippen molar-refractivity contribution in [3.63, 3.8) is 0 Å². The molecule has 0 radical (unpaired) electrons. The Bertz CT molecular complexity index is 886. The molecule has 3 rings (SSSR count). The Morgan fingerprint density at radius 3 is 2.81 bits per heavy atom. The molecule has 104 valence electrons. The van der Waals surface area contributed by atoms with Crippen LogP contribution in [0.1, 0.15) is 10.4 Å². The first kappa shape index (κ1) is 12.9. The summed E-state index contributed by atoms with van der Waals surface area (Å²) in [6.45, 7) is 0. The van der Waals surface area contributed by atoms with Crippen molar-refractivity contribution in [3.8, 4) is 5.75 Å². The summed E-state index contributed by atoms with van der Waals surface area (Å²) in [7, 11) is 0. The molecule has 2 heterocycles. The molecule has 2 N–H and O–H groups in total. The second kappa shape index (κ2) is 5.09. The lowest BCUT2D eigenvalue weighted by molar-refractivity contribution is 0.102. The molecule has 1 amide bonds. The minimum atomic E-state index is -0.748. The number of nitrogens with zero attached hydrogens (tertiary/aromatic N) is 1. The van der Waals surface area contributed by atoms with Crippen molar-refractivity contribution in [3.05, 3.63) is 64.6 Å². The first-order chi connectivity index (χ1) is 10.1. The van der Waals surface area contributed by atoms with Crippen molar-refractivity contribution in [1.29, 1.82) is 0 Å². The van der Waals surface area contributed by atoms with Crippen LogP contribution in [-0.2, 0) is 0 Å². The number of aromatic nitrogens is 1. The maximum absolute atomic E-state index is 12.1. The molecule has 0 aliphatic rings. The lowest BCUT2D eigenvalue weighted by Gasteiger charge is -2.05. The van der Waals surface area contributed by atoms with E-state index >= 15 is 0 Å². The van der Waals surface area contributed by atoms with Crippen molar-refractivity contribution < 1.29 is 14.3 Å². The maximum Gasteiger partial charge on any atom is 0.349 e. The minimum absolute atomic E-state index is 0.0185. The zero-order valence-corrected chi connectivity index (χ0v) is 10.7. The third kappa shape index (κ3) is 2.46. The van der Waals surface area contributed by atoms with E-state index in [1.165, 1.54) is 24.4 Å². The van der Waals surface area contributed by atoms with E-state index < -0.39 is 11.5 Å². The van der Waals surface area contributed by atoms with Crippen LogP contribution in [0.3, 0.4) is 0 Å². The average Bonchev–Trinajstić information content (AvgIpc) is 2.49. The number of nitrogens with one attached hydrogen (secondary N) is 1. The molecule has 1 aromatic carbocycles. The number of anilines is 1. The number of carbonyl (C=O) groups excluding carboxylic acids is 1. The first-order valence-electron chi connectivity index (χ1n) is 6.13. The first-order valence-corrected chi connectivity index (χ1v) is 6.13. The zero-order chi connectivity index (χ0) is 14.8. The molecular weight excluding hydrogens is 272 g/mol. The van der Waals surface area contributed by atoms with Gasteiger partial charge in [-0.05, 0) is 24.3 Å². The minimum Gasteiger partial charge on any atom is -0.504 e. The van der Waals surface area contributed by atoms with Crippen molar-refractivity contribution >= 4 is 22.7 Å². The summed E-state index contributed by atoms with van der Waals surface area (Å²) in [5.74, 6) is -0.894. The smallest absolute Gasteiger partial charge is 0.349 e. The van der Waals surface area contributed by atoms with Gasteiger partial charge in [-0.3, -0.25) is 4.79 Å². The molecule has 6 heteroatoms. The third-order valence-electron chi connectivity index (χ3n) is 2.90. The molecule has 0 saturated carbocycles. The lowest BCUT2D eigenvalue weighted by atomic mass is 10.2. The Morgan fingerprint density at radius 1 is 1.19 bits per heavy atom. The highest BCUT2D eigenvalue weighted by atomic mass is 16.4. The van der Waals surface area contributed by atoms with Gasteiger partial charge in [-0.2, -0.15) is 0 Å². The third-order valence-corrected chi connectivity index (χ3v) is 2.90. The van der Waals surface area contributed by atoms with Crippen LogP contribution in [-0.4, -0.2) is 16.0 Å². The van der Waals surface area contributed by atoms with E-state index in [0.29, 0.717) is 11.0 Å². The van der Waals surface area contributed by atoms with Gasteiger partial charge in [-0.25, -0.2) is 9.78 Å². The van der Waals surface area contributed by atoms with Crippen molar-refractivity contribution in [1.82, 2.24) is 4.98 Å². The van der Waals surface area contributed by atoms with Crippen LogP contribution in [0.4, 0.5) is 5.82 Å². The number of aromatic hydroxyl groups is 1. The Hall–Kier alpha value is -3.15. The van der Waals surface area contributed by atoms with Crippen molar-refractivity contribution in [2.75, 3.05) is 5.32 Å². The Morgan fingerprint density at radius 2 is 2.00 bits per heavy atom. The van der Waals surface area contributed by atoms with Crippen molar-refractivity contribution in [2.45, 2.75) is 0 Å². The van der Waals surface area contributed by atoms with Gasteiger partial charge in [0.15, 0.2) is 11.6 Å². The molecule has 0 spiro atoms. The molecule has 0 saturated heterocycles. The Labute approximate surface area is 118 Å². The largest absolute Gasteiger partial charge is 0.504 e. The number of para-hydroxylation sites is 1.